The van der Waals surface area contributed by atoms with E-state index in [-0.39, 0.29) is 26.9 Å². The van der Waals surface area contributed by atoms with Gasteiger partial charge in [-0.1, -0.05) is 44.2 Å². The maximum absolute atomic E-state index is 9.00. The van der Waals surface area contributed by atoms with Crippen LogP contribution in [0.15, 0.2) is 66.8 Å². The molecule has 0 saturated heterocycles. The van der Waals surface area contributed by atoms with Crippen LogP contribution in [-0.4, -0.2) is 27.7 Å². The van der Waals surface area contributed by atoms with Gasteiger partial charge in [0.2, 0.25) is 0 Å². The number of carbonyl (C=O) groups is 1. The number of carboxylic acid groups (broad SMARTS) is 1. The molecule has 0 fully saturated rings. The molecule has 2 aromatic rings. The first-order valence-electron chi connectivity index (χ1n) is 10.7. The van der Waals surface area contributed by atoms with E-state index in [0.717, 1.165) is 31.7 Å². The van der Waals surface area contributed by atoms with Gasteiger partial charge in [0, 0.05) is 18.4 Å². The number of hydrogen-bond donors (Lipinski definition) is 1. The molecule has 1 aromatic heterocycles. The average molecular weight is 514 g/mol. The maximum atomic E-state index is 9.00. The molecule has 5 nitrogen and oxygen atoms in total. The van der Waals surface area contributed by atoms with Gasteiger partial charge in [-0.25, -0.2) is 29.3 Å². The van der Waals surface area contributed by atoms with Gasteiger partial charge in [0.15, 0.2) is 5.82 Å². The molecule has 1 N–H and O–H groups in total. The van der Waals surface area contributed by atoms with Crippen molar-refractivity contribution in [1.29, 1.82) is 0 Å². The number of nitrogens with zero attached hydrogens (tertiary/aromatic N) is 2. The molecule has 0 bridgehead atoms. The SMILES string of the molecule is CC(=O)O.CC(C)CCOc1[c-]c(Cl)nc(-c2ccccc2)n1.[C-]1=CC=CC1.[C-]1=CC=CC1.[Ti+3]. The number of benzene rings is 1. The Labute approximate surface area is 223 Å². The smallest absolute Gasteiger partial charge is 0.512 e. The van der Waals surface area contributed by atoms with Crippen molar-refractivity contribution in [2.24, 2.45) is 5.92 Å². The van der Waals surface area contributed by atoms with Crippen LogP contribution < -0.4 is 4.74 Å². The van der Waals surface area contributed by atoms with Gasteiger partial charge in [-0.05, 0) is 17.5 Å². The van der Waals surface area contributed by atoms with Crippen LogP contribution in [0.3, 0.4) is 0 Å². The first-order valence-corrected chi connectivity index (χ1v) is 11.0. The molecule has 4 rings (SSSR count). The van der Waals surface area contributed by atoms with E-state index in [0.29, 0.717) is 24.2 Å². The van der Waals surface area contributed by atoms with Gasteiger partial charge in [-0.15, -0.1) is 24.4 Å². The van der Waals surface area contributed by atoms with Gasteiger partial charge in [0.25, 0.3) is 5.97 Å². The number of allylic oxidation sites excluding steroid dienone is 8. The van der Waals surface area contributed by atoms with Crippen molar-refractivity contribution in [3.63, 3.8) is 0 Å². The van der Waals surface area contributed by atoms with Gasteiger partial charge in [-0.2, -0.15) is 12.2 Å². The molecule has 2 aliphatic rings. The number of rotatable bonds is 5. The molecule has 0 spiro atoms. The van der Waals surface area contributed by atoms with Crippen LogP contribution in [0.5, 0.6) is 5.88 Å². The van der Waals surface area contributed by atoms with Crippen LogP contribution in [0.4, 0.5) is 0 Å². The summed E-state index contributed by atoms with van der Waals surface area (Å²) >= 11 is 5.95. The van der Waals surface area contributed by atoms with Crippen molar-refractivity contribution >= 4 is 17.6 Å². The Morgan fingerprint density at radius 1 is 1.09 bits per heavy atom. The summed E-state index contributed by atoms with van der Waals surface area (Å²) in [7, 11) is 0. The van der Waals surface area contributed by atoms with Crippen molar-refractivity contribution in [1.82, 2.24) is 9.97 Å². The van der Waals surface area contributed by atoms with Gasteiger partial charge in [0.05, 0.1) is 6.61 Å². The van der Waals surface area contributed by atoms with E-state index >= 15 is 0 Å². The predicted molar refractivity (Wildman–Crippen MR) is 133 cm³/mol. The fourth-order valence-corrected chi connectivity index (χ4v) is 2.38. The molecular formula is C27H30ClN2O3Ti. The largest absolute Gasteiger partial charge is 3.00 e. The van der Waals surface area contributed by atoms with Crippen LogP contribution in [0.1, 0.15) is 40.0 Å². The molecule has 0 saturated carbocycles. The van der Waals surface area contributed by atoms with E-state index in [1.807, 2.05) is 54.6 Å². The summed E-state index contributed by atoms with van der Waals surface area (Å²) in [6.07, 6.45) is 21.0. The Balaban J connectivity index is 0.000000587. The molecule has 1 aromatic carbocycles. The van der Waals surface area contributed by atoms with Gasteiger partial charge in [-0.3, -0.25) is 21.9 Å². The monoisotopic (exact) mass is 513 g/mol. The Bertz CT molecular complexity index is 896. The van der Waals surface area contributed by atoms with Crippen LogP contribution in [0, 0.1) is 24.1 Å². The third kappa shape index (κ3) is 17.1. The van der Waals surface area contributed by atoms with E-state index in [1.54, 1.807) is 0 Å². The molecule has 177 valence electrons. The van der Waals surface area contributed by atoms with Crippen molar-refractivity contribution in [3.8, 4) is 17.3 Å². The second-order valence-electron chi connectivity index (χ2n) is 7.19. The van der Waals surface area contributed by atoms with E-state index in [1.165, 1.54) is 0 Å². The van der Waals surface area contributed by atoms with E-state index in [9.17, 15) is 0 Å². The summed E-state index contributed by atoms with van der Waals surface area (Å²) in [4.78, 5) is 17.5. The zero-order valence-corrected chi connectivity index (χ0v) is 22.1. The maximum Gasteiger partial charge on any atom is 3.00 e. The number of hydrogen-bond acceptors (Lipinski definition) is 4. The average Bonchev–Trinajstić information content (AvgIpc) is 3.52. The first-order chi connectivity index (χ1) is 15.9. The van der Waals surface area contributed by atoms with Crippen molar-refractivity contribution < 1.29 is 36.4 Å². The number of ether oxygens (including phenoxy) is 1. The molecule has 0 unspecified atom stereocenters. The molecule has 2 aliphatic carbocycles. The van der Waals surface area contributed by atoms with Crippen LogP contribution in [0.2, 0.25) is 5.15 Å². The minimum Gasteiger partial charge on any atom is -0.512 e. The fraction of sp³-hybridized carbons (Fsp3) is 0.296. The molecule has 0 aliphatic heterocycles. The van der Waals surface area contributed by atoms with Crippen molar-refractivity contribution in [3.05, 3.63) is 90.2 Å². The van der Waals surface area contributed by atoms with Gasteiger partial charge >= 0.3 is 21.7 Å². The van der Waals surface area contributed by atoms with Crippen LogP contribution in [-0.2, 0) is 26.5 Å². The Kier molecular flexibility index (Phi) is 18.5. The second kappa shape index (κ2) is 20.0. The Hall–Kier alpha value is -2.47. The summed E-state index contributed by atoms with van der Waals surface area (Å²) in [5.41, 5.74) is 0.909. The molecule has 0 amide bonds. The zero-order chi connectivity index (χ0) is 24.3. The normalized spacial score (nSPS) is 11.9. The first kappa shape index (κ1) is 31.5. The zero-order valence-electron chi connectivity index (χ0n) is 19.8. The fourth-order valence-electron chi connectivity index (χ4n) is 2.21. The Morgan fingerprint density at radius 2 is 1.65 bits per heavy atom. The summed E-state index contributed by atoms with van der Waals surface area (Å²) in [5, 5.41) is 7.69. The second-order valence-corrected chi connectivity index (χ2v) is 7.55. The molecule has 1 heterocycles. The third-order valence-corrected chi connectivity index (χ3v) is 3.94. The minimum absolute atomic E-state index is 0. The van der Waals surface area contributed by atoms with Gasteiger partial charge < -0.3 is 15.9 Å². The van der Waals surface area contributed by atoms with Crippen LogP contribution >= 0.6 is 11.6 Å². The Morgan fingerprint density at radius 3 is 2.06 bits per heavy atom. The summed E-state index contributed by atoms with van der Waals surface area (Å²) in [6, 6.07) is 12.5. The number of aromatic nitrogens is 2. The van der Waals surface area contributed by atoms with Gasteiger partial charge in [0.1, 0.15) is 0 Å². The van der Waals surface area contributed by atoms with Crippen LogP contribution in [0.25, 0.3) is 11.4 Å². The molecule has 7 heteroatoms. The molecule has 34 heavy (non-hydrogen) atoms. The number of halogens is 1. The van der Waals surface area contributed by atoms with Crippen molar-refractivity contribution in [2.75, 3.05) is 6.61 Å². The molecule has 0 atom stereocenters. The predicted octanol–water partition coefficient (Wildman–Crippen LogP) is 6.72. The molecular weight excluding hydrogens is 484 g/mol. The quantitative estimate of drug-likeness (QED) is 0.273. The summed E-state index contributed by atoms with van der Waals surface area (Å²) in [5.74, 6) is 0.717. The number of aliphatic carboxylic acids is 1. The van der Waals surface area contributed by atoms with E-state index in [4.69, 9.17) is 26.2 Å². The summed E-state index contributed by atoms with van der Waals surface area (Å²) in [6.45, 7) is 5.99. The standard InChI is InChI=1S/C15H16ClN2O.2C5H5.C2H4O2.Ti/c1-11(2)8-9-19-14-10-13(16)17-15(18-14)12-6-4-3-5-7-12;2*1-2-4-5-3-1;1-2(3)4;/h3-7,11H,8-9H2,1-2H3;2*1-3H,4H2;1H3,(H,3,4);/q3*-1;;+3. The third-order valence-electron chi connectivity index (χ3n) is 3.76. The topological polar surface area (TPSA) is 72.3 Å². The van der Waals surface area contributed by atoms with Crippen molar-refractivity contribution in [2.45, 2.75) is 40.0 Å². The minimum atomic E-state index is -0.833. The summed E-state index contributed by atoms with van der Waals surface area (Å²) < 4.78 is 5.57. The van der Waals surface area contributed by atoms with E-state index < -0.39 is 5.97 Å². The molecule has 1 radical (unpaired) electrons. The van der Waals surface area contributed by atoms with E-state index in [2.05, 4.69) is 54.2 Å². The number of carboxylic acids is 1.